The Labute approximate surface area is 85.8 Å². The number of aryl methyl sites for hydroxylation is 1. The van der Waals surface area contributed by atoms with Crippen LogP contribution in [0.5, 0.6) is 11.5 Å². The quantitative estimate of drug-likeness (QED) is 0.717. The Hall–Kier alpha value is -1.18. The fourth-order valence-electron chi connectivity index (χ4n) is 1.44. The van der Waals surface area contributed by atoms with E-state index in [0.717, 1.165) is 17.9 Å². The van der Waals surface area contributed by atoms with E-state index in [1.54, 1.807) is 14.2 Å². The average Bonchev–Trinajstić information content (AvgIpc) is 2.25. The van der Waals surface area contributed by atoms with Gasteiger partial charge in [-0.15, -0.1) is 0 Å². The van der Waals surface area contributed by atoms with E-state index in [9.17, 15) is 0 Å². The summed E-state index contributed by atoms with van der Waals surface area (Å²) in [4.78, 5) is 0. The molecule has 1 rings (SSSR count). The number of methoxy groups -OCH3 is 2. The van der Waals surface area contributed by atoms with Crippen LogP contribution in [0, 0.1) is 0 Å². The Morgan fingerprint density at radius 2 is 1.93 bits per heavy atom. The van der Waals surface area contributed by atoms with E-state index in [-0.39, 0.29) is 0 Å². The lowest BCUT2D eigenvalue weighted by Gasteiger charge is -2.09. The average molecular weight is 194 g/mol. The third-order valence-electron chi connectivity index (χ3n) is 2.29. The van der Waals surface area contributed by atoms with E-state index in [4.69, 9.17) is 9.47 Å². The van der Waals surface area contributed by atoms with Gasteiger partial charge in [0.25, 0.3) is 0 Å². The first-order chi connectivity index (χ1) is 6.81. The molecule has 2 heteroatoms. The molecule has 0 fully saturated rings. The Morgan fingerprint density at radius 3 is 2.50 bits per heavy atom. The molecule has 0 aliphatic heterocycles. The van der Waals surface area contributed by atoms with Crippen molar-refractivity contribution in [1.82, 2.24) is 0 Å². The molecular weight excluding hydrogens is 176 g/mol. The van der Waals surface area contributed by atoms with Crippen molar-refractivity contribution >= 4 is 0 Å². The smallest absolute Gasteiger partial charge is 0.122 e. The number of hydrogen-bond acceptors (Lipinski definition) is 2. The summed E-state index contributed by atoms with van der Waals surface area (Å²) in [6.07, 6.45) is 3.43. The maximum absolute atomic E-state index is 5.29. The largest absolute Gasteiger partial charge is 0.497 e. The summed E-state index contributed by atoms with van der Waals surface area (Å²) in [6, 6.07) is 5.94. The maximum Gasteiger partial charge on any atom is 0.122 e. The second kappa shape index (κ2) is 5.53. The third kappa shape index (κ3) is 2.66. The first-order valence-corrected chi connectivity index (χ1v) is 5.02. The Bertz CT molecular complexity index is 282. The highest BCUT2D eigenvalue weighted by atomic mass is 16.5. The van der Waals surface area contributed by atoms with E-state index in [1.807, 2.05) is 12.1 Å². The van der Waals surface area contributed by atoms with E-state index in [1.165, 1.54) is 18.4 Å². The van der Waals surface area contributed by atoms with Crippen molar-refractivity contribution in [2.75, 3.05) is 14.2 Å². The highest BCUT2D eigenvalue weighted by molar-refractivity contribution is 5.40. The highest BCUT2D eigenvalue weighted by Crippen LogP contribution is 2.25. The number of hydrogen-bond donors (Lipinski definition) is 0. The van der Waals surface area contributed by atoms with Crippen LogP contribution in [0.15, 0.2) is 18.2 Å². The monoisotopic (exact) mass is 194 g/mol. The molecule has 0 bridgehead atoms. The molecule has 0 aliphatic rings. The molecule has 0 amide bonds. The van der Waals surface area contributed by atoms with Gasteiger partial charge in [0.1, 0.15) is 11.5 Å². The molecule has 1 aromatic carbocycles. The maximum atomic E-state index is 5.29. The second-order valence-corrected chi connectivity index (χ2v) is 3.28. The predicted molar refractivity (Wildman–Crippen MR) is 58.2 cm³/mol. The van der Waals surface area contributed by atoms with Gasteiger partial charge in [-0.05, 0) is 36.6 Å². The van der Waals surface area contributed by atoms with Gasteiger partial charge in [0.2, 0.25) is 0 Å². The van der Waals surface area contributed by atoms with E-state index >= 15 is 0 Å². The Kier molecular flexibility index (Phi) is 4.30. The summed E-state index contributed by atoms with van der Waals surface area (Å²) < 4.78 is 10.5. The van der Waals surface area contributed by atoms with Crippen molar-refractivity contribution in [2.45, 2.75) is 26.2 Å². The van der Waals surface area contributed by atoms with Gasteiger partial charge in [-0.2, -0.15) is 0 Å². The number of benzene rings is 1. The third-order valence-corrected chi connectivity index (χ3v) is 2.29. The molecule has 0 saturated heterocycles. The van der Waals surface area contributed by atoms with E-state index in [2.05, 4.69) is 13.0 Å². The normalized spacial score (nSPS) is 9.93. The van der Waals surface area contributed by atoms with Gasteiger partial charge >= 0.3 is 0 Å². The van der Waals surface area contributed by atoms with Gasteiger partial charge in [0.05, 0.1) is 14.2 Å². The summed E-state index contributed by atoms with van der Waals surface area (Å²) in [7, 11) is 3.39. The molecule has 14 heavy (non-hydrogen) atoms. The van der Waals surface area contributed by atoms with Crippen LogP contribution in [-0.4, -0.2) is 14.2 Å². The Morgan fingerprint density at radius 1 is 1.14 bits per heavy atom. The minimum atomic E-state index is 0.900. The molecule has 1 aromatic rings. The van der Waals surface area contributed by atoms with Crippen molar-refractivity contribution in [2.24, 2.45) is 0 Å². The van der Waals surface area contributed by atoms with Gasteiger partial charge in [-0.1, -0.05) is 13.3 Å². The molecular formula is C12H18O2. The lowest BCUT2D eigenvalue weighted by molar-refractivity contribution is 0.398. The van der Waals surface area contributed by atoms with Gasteiger partial charge in [0.15, 0.2) is 0 Å². The molecule has 0 heterocycles. The summed E-state index contributed by atoms with van der Waals surface area (Å²) in [5, 5.41) is 0. The van der Waals surface area contributed by atoms with Crippen molar-refractivity contribution in [3.8, 4) is 11.5 Å². The number of ether oxygens (including phenoxy) is 2. The van der Waals surface area contributed by atoms with Crippen LogP contribution < -0.4 is 9.47 Å². The summed E-state index contributed by atoms with van der Waals surface area (Å²) >= 11 is 0. The van der Waals surface area contributed by atoms with Crippen LogP contribution in [0.2, 0.25) is 0 Å². The standard InChI is InChI=1S/C12H18O2/c1-4-5-6-10-9-11(13-2)7-8-12(10)14-3/h7-9H,4-6H2,1-3H3. The predicted octanol–water partition coefficient (Wildman–Crippen LogP) is 3.05. The van der Waals surface area contributed by atoms with Crippen molar-refractivity contribution in [3.05, 3.63) is 23.8 Å². The summed E-state index contributed by atoms with van der Waals surface area (Å²) in [5.41, 5.74) is 1.23. The van der Waals surface area contributed by atoms with Crippen LogP contribution in [0.1, 0.15) is 25.3 Å². The van der Waals surface area contributed by atoms with Gasteiger partial charge in [-0.3, -0.25) is 0 Å². The molecule has 0 spiro atoms. The minimum absolute atomic E-state index is 0.900. The van der Waals surface area contributed by atoms with E-state index < -0.39 is 0 Å². The van der Waals surface area contributed by atoms with Crippen LogP contribution in [0.3, 0.4) is 0 Å². The summed E-state index contributed by atoms with van der Waals surface area (Å²) in [6.45, 7) is 2.19. The highest BCUT2D eigenvalue weighted by Gasteiger charge is 2.03. The van der Waals surface area contributed by atoms with Gasteiger partial charge in [0, 0.05) is 0 Å². The van der Waals surface area contributed by atoms with Crippen LogP contribution >= 0.6 is 0 Å². The van der Waals surface area contributed by atoms with Crippen LogP contribution in [-0.2, 0) is 6.42 Å². The molecule has 0 aliphatic carbocycles. The lowest BCUT2D eigenvalue weighted by Crippen LogP contribution is -1.93. The molecule has 2 nitrogen and oxygen atoms in total. The Balaban J connectivity index is 2.84. The molecule has 0 aromatic heterocycles. The molecule has 0 saturated carbocycles. The molecule has 78 valence electrons. The van der Waals surface area contributed by atoms with Crippen molar-refractivity contribution < 1.29 is 9.47 Å². The zero-order valence-corrected chi connectivity index (χ0v) is 9.17. The fourth-order valence-corrected chi connectivity index (χ4v) is 1.44. The van der Waals surface area contributed by atoms with Gasteiger partial charge in [-0.25, -0.2) is 0 Å². The first kappa shape index (κ1) is 10.9. The molecule has 0 unspecified atom stereocenters. The van der Waals surface area contributed by atoms with Crippen molar-refractivity contribution in [1.29, 1.82) is 0 Å². The zero-order chi connectivity index (χ0) is 10.4. The number of unbranched alkanes of at least 4 members (excludes halogenated alkanes) is 1. The van der Waals surface area contributed by atoms with Crippen molar-refractivity contribution in [3.63, 3.8) is 0 Å². The SMILES string of the molecule is CCCCc1cc(OC)ccc1OC. The van der Waals surface area contributed by atoms with Crippen LogP contribution in [0.25, 0.3) is 0 Å². The van der Waals surface area contributed by atoms with E-state index in [0.29, 0.717) is 0 Å². The first-order valence-electron chi connectivity index (χ1n) is 5.02. The van der Waals surface area contributed by atoms with Crippen LogP contribution in [0.4, 0.5) is 0 Å². The summed E-state index contributed by atoms with van der Waals surface area (Å²) in [5.74, 6) is 1.86. The topological polar surface area (TPSA) is 18.5 Å². The molecule has 0 N–H and O–H groups in total. The van der Waals surface area contributed by atoms with Gasteiger partial charge < -0.3 is 9.47 Å². The lowest BCUT2D eigenvalue weighted by atomic mass is 10.1. The zero-order valence-electron chi connectivity index (χ0n) is 9.17. The fraction of sp³-hybridized carbons (Fsp3) is 0.500. The second-order valence-electron chi connectivity index (χ2n) is 3.28. The molecule has 0 atom stereocenters. The molecule has 0 radical (unpaired) electrons. The number of rotatable bonds is 5. The minimum Gasteiger partial charge on any atom is -0.497 e.